The minimum atomic E-state index is -0.295. The number of carbonyl (C=O) groups is 1. The van der Waals surface area contributed by atoms with E-state index in [4.69, 9.17) is 0 Å². The lowest BCUT2D eigenvalue weighted by atomic mass is 9.95. The van der Waals surface area contributed by atoms with Crippen molar-refractivity contribution in [3.8, 4) is 0 Å². The van der Waals surface area contributed by atoms with Gasteiger partial charge in [-0.05, 0) is 30.5 Å². The minimum absolute atomic E-state index is 0.111. The van der Waals surface area contributed by atoms with E-state index in [1.807, 2.05) is 60.7 Å². The Hall–Kier alpha value is -2.09. The highest BCUT2D eigenvalue weighted by Gasteiger charge is 2.51. The molecule has 1 fully saturated rings. The van der Waals surface area contributed by atoms with Crippen molar-refractivity contribution < 1.29 is 4.79 Å². The molecule has 0 unspecified atom stereocenters. The van der Waals surface area contributed by atoms with Crippen molar-refractivity contribution in [2.75, 3.05) is 5.32 Å². The molecular formula is C16H15NO. The molecule has 3 rings (SSSR count). The molecule has 0 heterocycles. The van der Waals surface area contributed by atoms with Crippen LogP contribution < -0.4 is 5.32 Å². The van der Waals surface area contributed by atoms with Gasteiger partial charge in [0.2, 0.25) is 5.91 Å². The van der Waals surface area contributed by atoms with Gasteiger partial charge in [-0.3, -0.25) is 4.79 Å². The lowest BCUT2D eigenvalue weighted by Gasteiger charge is -2.15. The van der Waals surface area contributed by atoms with E-state index in [0.717, 1.165) is 24.1 Å². The molecular weight excluding hydrogens is 222 g/mol. The zero-order chi connectivity index (χ0) is 12.4. The molecule has 2 aromatic rings. The summed E-state index contributed by atoms with van der Waals surface area (Å²) in [6.45, 7) is 0. The first-order chi connectivity index (χ1) is 8.81. The quantitative estimate of drug-likeness (QED) is 0.871. The first-order valence-electron chi connectivity index (χ1n) is 6.23. The summed E-state index contributed by atoms with van der Waals surface area (Å²) in [7, 11) is 0. The molecule has 0 atom stereocenters. The van der Waals surface area contributed by atoms with E-state index >= 15 is 0 Å². The average molecular weight is 237 g/mol. The molecule has 1 aliphatic carbocycles. The number of para-hydroxylation sites is 1. The van der Waals surface area contributed by atoms with Gasteiger partial charge in [0.15, 0.2) is 0 Å². The van der Waals surface area contributed by atoms with Gasteiger partial charge in [-0.25, -0.2) is 0 Å². The Morgan fingerprint density at radius 2 is 1.44 bits per heavy atom. The second kappa shape index (κ2) is 4.30. The fourth-order valence-corrected chi connectivity index (χ4v) is 2.30. The van der Waals surface area contributed by atoms with Crippen LogP contribution in [0.3, 0.4) is 0 Å². The van der Waals surface area contributed by atoms with Crippen LogP contribution in [0.2, 0.25) is 0 Å². The predicted octanol–water partition coefficient (Wildman–Crippen LogP) is 3.36. The number of benzene rings is 2. The summed E-state index contributed by atoms with van der Waals surface area (Å²) >= 11 is 0. The lowest BCUT2D eigenvalue weighted by Crippen LogP contribution is -2.27. The fraction of sp³-hybridized carbons (Fsp3) is 0.188. The third-order valence-corrected chi connectivity index (χ3v) is 3.54. The molecule has 2 aromatic carbocycles. The Bertz CT molecular complexity index is 544. The number of carbonyl (C=O) groups excluding carboxylic acids is 1. The Labute approximate surface area is 107 Å². The van der Waals surface area contributed by atoms with E-state index in [0.29, 0.717) is 0 Å². The van der Waals surface area contributed by atoms with Gasteiger partial charge in [0, 0.05) is 5.69 Å². The Morgan fingerprint density at radius 3 is 2.00 bits per heavy atom. The van der Waals surface area contributed by atoms with E-state index in [2.05, 4.69) is 5.32 Å². The van der Waals surface area contributed by atoms with E-state index < -0.39 is 0 Å². The molecule has 1 saturated carbocycles. The number of hydrogen-bond acceptors (Lipinski definition) is 1. The smallest absolute Gasteiger partial charge is 0.235 e. The van der Waals surface area contributed by atoms with Gasteiger partial charge in [0.25, 0.3) is 0 Å². The molecule has 2 heteroatoms. The van der Waals surface area contributed by atoms with Crippen LogP contribution in [-0.2, 0) is 10.2 Å². The summed E-state index contributed by atoms with van der Waals surface area (Å²) in [5, 5.41) is 3.00. The molecule has 0 radical (unpaired) electrons. The van der Waals surface area contributed by atoms with Crippen LogP contribution in [0.5, 0.6) is 0 Å². The Kier molecular flexibility index (Phi) is 2.63. The molecule has 2 nitrogen and oxygen atoms in total. The van der Waals surface area contributed by atoms with E-state index in [1.54, 1.807) is 0 Å². The minimum Gasteiger partial charge on any atom is -0.325 e. The number of rotatable bonds is 3. The van der Waals surface area contributed by atoms with Crippen LogP contribution in [0.15, 0.2) is 60.7 Å². The molecule has 1 amide bonds. The third-order valence-electron chi connectivity index (χ3n) is 3.54. The summed E-state index contributed by atoms with van der Waals surface area (Å²) in [6, 6.07) is 19.7. The maximum Gasteiger partial charge on any atom is 0.235 e. The zero-order valence-electron chi connectivity index (χ0n) is 10.1. The van der Waals surface area contributed by atoms with Crippen molar-refractivity contribution in [3.63, 3.8) is 0 Å². The van der Waals surface area contributed by atoms with Crippen LogP contribution in [0, 0.1) is 0 Å². The van der Waals surface area contributed by atoms with Crippen molar-refractivity contribution in [2.24, 2.45) is 0 Å². The Balaban J connectivity index is 1.81. The fourth-order valence-electron chi connectivity index (χ4n) is 2.30. The molecule has 1 aliphatic rings. The molecule has 0 aromatic heterocycles. The molecule has 0 saturated heterocycles. The molecule has 0 spiro atoms. The van der Waals surface area contributed by atoms with Crippen LogP contribution in [0.25, 0.3) is 0 Å². The molecule has 1 N–H and O–H groups in total. The van der Waals surface area contributed by atoms with Crippen LogP contribution in [0.4, 0.5) is 5.69 Å². The van der Waals surface area contributed by atoms with E-state index in [1.165, 1.54) is 0 Å². The van der Waals surface area contributed by atoms with E-state index in [-0.39, 0.29) is 11.3 Å². The summed E-state index contributed by atoms with van der Waals surface area (Å²) in [5.41, 5.74) is 1.69. The summed E-state index contributed by atoms with van der Waals surface area (Å²) in [6.07, 6.45) is 1.88. The number of anilines is 1. The highest BCUT2D eigenvalue weighted by Crippen LogP contribution is 2.48. The second-order valence-electron chi connectivity index (χ2n) is 4.77. The average Bonchev–Trinajstić information content (AvgIpc) is 3.22. The predicted molar refractivity (Wildman–Crippen MR) is 72.4 cm³/mol. The first-order valence-corrected chi connectivity index (χ1v) is 6.23. The maximum absolute atomic E-state index is 12.4. The van der Waals surface area contributed by atoms with Crippen molar-refractivity contribution in [3.05, 3.63) is 66.2 Å². The van der Waals surface area contributed by atoms with Gasteiger partial charge >= 0.3 is 0 Å². The molecule has 0 bridgehead atoms. The highest BCUT2D eigenvalue weighted by atomic mass is 16.2. The SMILES string of the molecule is O=C(Nc1ccccc1)C1(c2ccccc2)CC1. The normalized spacial score (nSPS) is 16.0. The highest BCUT2D eigenvalue weighted by molar-refractivity contribution is 6.01. The van der Waals surface area contributed by atoms with Crippen LogP contribution >= 0.6 is 0 Å². The van der Waals surface area contributed by atoms with Gasteiger partial charge in [-0.1, -0.05) is 48.5 Å². The zero-order valence-corrected chi connectivity index (χ0v) is 10.1. The topological polar surface area (TPSA) is 29.1 Å². The van der Waals surface area contributed by atoms with Crippen molar-refractivity contribution in [1.29, 1.82) is 0 Å². The van der Waals surface area contributed by atoms with E-state index in [9.17, 15) is 4.79 Å². The second-order valence-corrected chi connectivity index (χ2v) is 4.77. The standard InChI is InChI=1S/C16H15NO/c18-15(17-14-9-5-2-6-10-14)16(11-12-16)13-7-3-1-4-8-13/h1-10H,11-12H2,(H,17,18). The van der Waals surface area contributed by atoms with Gasteiger partial charge < -0.3 is 5.32 Å². The first kappa shape index (κ1) is 11.0. The maximum atomic E-state index is 12.4. The van der Waals surface area contributed by atoms with Crippen LogP contribution in [-0.4, -0.2) is 5.91 Å². The van der Waals surface area contributed by atoms with Crippen molar-refractivity contribution in [2.45, 2.75) is 18.3 Å². The summed E-state index contributed by atoms with van der Waals surface area (Å²) in [5.74, 6) is 0.111. The van der Waals surface area contributed by atoms with Crippen molar-refractivity contribution in [1.82, 2.24) is 0 Å². The van der Waals surface area contributed by atoms with Gasteiger partial charge in [-0.2, -0.15) is 0 Å². The lowest BCUT2D eigenvalue weighted by molar-refractivity contribution is -0.118. The summed E-state index contributed by atoms with van der Waals surface area (Å²) < 4.78 is 0. The monoisotopic (exact) mass is 237 g/mol. The van der Waals surface area contributed by atoms with Crippen molar-refractivity contribution >= 4 is 11.6 Å². The summed E-state index contributed by atoms with van der Waals surface area (Å²) in [4.78, 5) is 12.4. The largest absolute Gasteiger partial charge is 0.325 e. The molecule has 0 aliphatic heterocycles. The number of nitrogens with one attached hydrogen (secondary N) is 1. The van der Waals surface area contributed by atoms with Gasteiger partial charge in [-0.15, -0.1) is 0 Å². The number of hydrogen-bond donors (Lipinski definition) is 1. The van der Waals surface area contributed by atoms with Gasteiger partial charge in [0.05, 0.1) is 5.41 Å². The van der Waals surface area contributed by atoms with Crippen LogP contribution in [0.1, 0.15) is 18.4 Å². The Morgan fingerprint density at radius 1 is 0.889 bits per heavy atom. The van der Waals surface area contributed by atoms with Gasteiger partial charge in [0.1, 0.15) is 0 Å². The third kappa shape index (κ3) is 1.90. The molecule has 18 heavy (non-hydrogen) atoms. The number of amides is 1. The molecule has 90 valence electrons.